The number of nitrogens with zero attached hydrogens (tertiary/aromatic N) is 1. The molecule has 0 atom stereocenters. The van der Waals surface area contributed by atoms with Gasteiger partial charge < -0.3 is 9.47 Å². The lowest BCUT2D eigenvalue weighted by atomic mass is 10.0. The summed E-state index contributed by atoms with van der Waals surface area (Å²) in [6, 6.07) is 5.88. The molecule has 0 unspecified atom stereocenters. The number of hydrogen-bond acceptors (Lipinski definition) is 4. The van der Waals surface area contributed by atoms with Crippen molar-refractivity contribution in [2.75, 3.05) is 20.8 Å². The molecule has 6 heteroatoms. The van der Waals surface area contributed by atoms with E-state index < -0.39 is 10.0 Å². The number of ether oxygens (including phenoxy) is 2. The summed E-state index contributed by atoms with van der Waals surface area (Å²) in [6.07, 6.45) is 0.651. The van der Waals surface area contributed by atoms with Gasteiger partial charge >= 0.3 is 0 Å². The van der Waals surface area contributed by atoms with Gasteiger partial charge in [-0.1, -0.05) is 6.07 Å². The molecule has 0 spiro atoms. The molecule has 5 nitrogen and oxygen atoms in total. The molecule has 0 N–H and O–H groups in total. The van der Waals surface area contributed by atoms with Gasteiger partial charge in [0, 0.05) is 13.1 Å². The molecule has 2 aromatic carbocycles. The molecule has 1 heterocycles. The fourth-order valence-corrected chi connectivity index (χ4v) is 5.75. The third-order valence-corrected chi connectivity index (χ3v) is 7.70. The van der Waals surface area contributed by atoms with Gasteiger partial charge in [-0.15, -0.1) is 0 Å². The molecule has 0 amide bonds. The Morgan fingerprint density at radius 1 is 0.852 bits per heavy atom. The van der Waals surface area contributed by atoms with Crippen molar-refractivity contribution in [1.82, 2.24) is 4.31 Å². The summed E-state index contributed by atoms with van der Waals surface area (Å²) in [5.74, 6) is 1.29. The molecular formula is C21H27NO4S. The second kappa shape index (κ2) is 7.17. The minimum Gasteiger partial charge on any atom is -0.493 e. The number of hydrogen-bond donors (Lipinski definition) is 0. The van der Waals surface area contributed by atoms with Crippen molar-refractivity contribution in [1.29, 1.82) is 0 Å². The minimum absolute atomic E-state index is 0.337. The zero-order valence-electron chi connectivity index (χ0n) is 16.8. The largest absolute Gasteiger partial charge is 0.493 e. The molecular weight excluding hydrogens is 362 g/mol. The van der Waals surface area contributed by atoms with Crippen molar-refractivity contribution in [2.24, 2.45) is 0 Å². The SMILES string of the molecule is COc1cc2c(cc1OC)CN(S(=O)(=O)c1c(C)c(C)cc(C)c1C)CC2. The summed E-state index contributed by atoms with van der Waals surface area (Å²) >= 11 is 0. The number of fused-ring (bicyclic) bond motifs is 1. The number of aryl methyl sites for hydroxylation is 2. The van der Waals surface area contributed by atoms with Gasteiger partial charge in [0.15, 0.2) is 11.5 Å². The van der Waals surface area contributed by atoms with Crippen LogP contribution >= 0.6 is 0 Å². The minimum atomic E-state index is -3.59. The Hall–Kier alpha value is -2.05. The summed E-state index contributed by atoms with van der Waals surface area (Å²) < 4.78 is 39.3. The quantitative estimate of drug-likeness (QED) is 0.800. The van der Waals surface area contributed by atoms with Gasteiger partial charge in [0.25, 0.3) is 0 Å². The molecule has 0 radical (unpaired) electrons. The van der Waals surface area contributed by atoms with Gasteiger partial charge in [-0.3, -0.25) is 0 Å². The second-order valence-corrected chi connectivity index (χ2v) is 9.03. The maximum Gasteiger partial charge on any atom is 0.243 e. The van der Waals surface area contributed by atoms with Crippen LogP contribution < -0.4 is 9.47 Å². The molecule has 1 aliphatic rings. The number of methoxy groups -OCH3 is 2. The molecule has 0 aromatic heterocycles. The van der Waals surface area contributed by atoms with E-state index in [0.29, 0.717) is 35.9 Å². The van der Waals surface area contributed by atoms with Crippen LogP contribution in [0.3, 0.4) is 0 Å². The average Bonchev–Trinajstić information content (AvgIpc) is 2.64. The van der Waals surface area contributed by atoms with Crippen molar-refractivity contribution >= 4 is 10.0 Å². The lowest BCUT2D eigenvalue weighted by molar-refractivity contribution is 0.348. The molecule has 3 rings (SSSR count). The predicted molar refractivity (Wildman–Crippen MR) is 106 cm³/mol. The Morgan fingerprint density at radius 2 is 1.37 bits per heavy atom. The first-order valence-corrected chi connectivity index (χ1v) is 10.5. The molecule has 27 heavy (non-hydrogen) atoms. The van der Waals surface area contributed by atoms with E-state index in [1.165, 1.54) is 0 Å². The van der Waals surface area contributed by atoms with Crippen LogP contribution in [0.1, 0.15) is 33.4 Å². The fraction of sp³-hybridized carbons (Fsp3) is 0.429. The monoisotopic (exact) mass is 389 g/mol. The third kappa shape index (κ3) is 3.32. The standard InChI is InChI=1S/C21H27NO4S/c1-13-9-14(2)16(4)21(15(13)3)27(23,24)22-8-7-17-10-19(25-5)20(26-6)11-18(17)12-22/h9-11H,7-8,12H2,1-6H3. The van der Waals surface area contributed by atoms with Crippen LogP contribution in [-0.4, -0.2) is 33.5 Å². The second-order valence-electron chi connectivity index (χ2n) is 7.15. The van der Waals surface area contributed by atoms with E-state index in [1.54, 1.807) is 18.5 Å². The zero-order valence-corrected chi connectivity index (χ0v) is 17.7. The van der Waals surface area contributed by atoms with Gasteiger partial charge in [0.2, 0.25) is 10.0 Å². The first-order chi connectivity index (χ1) is 12.7. The van der Waals surface area contributed by atoms with Gasteiger partial charge in [0.1, 0.15) is 0 Å². The first-order valence-electron chi connectivity index (χ1n) is 9.02. The number of sulfonamides is 1. The van der Waals surface area contributed by atoms with Gasteiger partial charge in [-0.25, -0.2) is 8.42 Å². The van der Waals surface area contributed by atoms with Crippen molar-refractivity contribution in [3.63, 3.8) is 0 Å². The van der Waals surface area contributed by atoms with E-state index in [-0.39, 0.29) is 0 Å². The van der Waals surface area contributed by atoms with Crippen molar-refractivity contribution in [3.05, 3.63) is 51.6 Å². The van der Waals surface area contributed by atoms with Gasteiger partial charge in [-0.05, 0) is 79.6 Å². The molecule has 2 aromatic rings. The van der Waals surface area contributed by atoms with Crippen LogP contribution in [0.25, 0.3) is 0 Å². The topological polar surface area (TPSA) is 55.8 Å². The zero-order chi connectivity index (χ0) is 19.9. The van der Waals surface area contributed by atoms with E-state index in [2.05, 4.69) is 0 Å². The Balaban J connectivity index is 2.05. The number of benzene rings is 2. The van der Waals surface area contributed by atoms with E-state index >= 15 is 0 Å². The normalized spacial score (nSPS) is 14.7. The Labute approximate surface area is 162 Å². The van der Waals surface area contributed by atoms with Crippen LogP contribution in [0, 0.1) is 27.7 Å². The third-order valence-electron chi connectivity index (χ3n) is 5.58. The average molecular weight is 390 g/mol. The van der Waals surface area contributed by atoms with Crippen molar-refractivity contribution in [3.8, 4) is 11.5 Å². The highest BCUT2D eigenvalue weighted by molar-refractivity contribution is 7.89. The van der Waals surface area contributed by atoms with E-state index in [4.69, 9.17) is 9.47 Å². The Kier molecular flexibility index (Phi) is 5.23. The van der Waals surface area contributed by atoms with E-state index in [0.717, 1.165) is 33.4 Å². The predicted octanol–water partition coefficient (Wildman–Crippen LogP) is 3.68. The van der Waals surface area contributed by atoms with Crippen molar-refractivity contribution in [2.45, 2.75) is 45.6 Å². The summed E-state index contributed by atoms with van der Waals surface area (Å²) in [5, 5.41) is 0. The highest BCUT2D eigenvalue weighted by Gasteiger charge is 2.32. The highest BCUT2D eigenvalue weighted by atomic mass is 32.2. The van der Waals surface area contributed by atoms with Gasteiger partial charge in [0.05, 0.1) is 19.1 Å². The van der Waals surface area contributed by atoms with Gasteiger partial charge in [-0.2, -0.15) is 4.31 Å². The summed E-state index contributed by atoms with van der Waals surface area (Å²) in [6.45, 7) is 8.49. The van der Waals surface area contributed by atoms with E-state index in [1.807, 2.05) is 45.9 Å². The van der Waals surface area contributed by atoms with Crippen LogP contribution in [0.2, 0.25) is 0 Å². The first kappa shape index (κ1) is 19.7. The maximum absolute atomic E-state index is 13.5. The van der Waals surface area contributed by atoms with Crippen LogP contribution in [-0.2, 0) is 23.0 Å². The molecule has 0 fully saturated rings. The smallest absolute Gasteiger partial charge is 0.243 e. The summed E-state index contributed by atoms with van der Waals surface area (Å²) in [7, 11) is -0.391. The summed E-state index contributed by atoms with van der Waals surface area (Å²) in [5.41, 5.74) is 5.73. The molecule has 0 bridgehead atoms. The van der Waals surface area contributed by atoms with E-state index in [9.17, 15) is 8.42 Å². The Morgan fingerprint density at radius 3 is 1.89 bits per heavy atom. The fourth-order valence-electron chi connectivity index (χ4n) is 3.76. The van der Waals surface area contributed by atoms with Crippen molar-refractivity contribution < 1.29 is 17.9 Å². The van der Waals surface area contributed by atoms with Crippen LogP contribution in [0.15, 0.2) is 23.1 Å². The molecule has 146 valence electrons. The maximum atomic E-state index is 13.5. The molecule has 0 saturated heterocycles. The molecule has 1 aliphatic heterocycles. The molecule has 0 aliphatic carbocycles. The Bertz CT molecular complexity index is 970. The number of rotatable bonds is 4. The van der Waals surface area contributed by atoms with Crippen LogP contribution in [0.5, 0.6) is 11.5 Å². The lowest BCUT2D eigenvalue weighted by Crippen LogP contribution is -2.36. The van der Waals surface area contributed by atoms with Crippen LogP contribution in [0.4, 0.5) is 0 Å². The highest BCUT2D eigenvalue weighted by Crippen LogP contribution is 2.36. The summed E-state index contributed by atoms with van der Waals surface area (Å²) in [4.78, 5) is 0.448. The lowest BCUT2D eigenvalue weighted by Gasteiger charge is -2.30. The molecule has 0 saturated carbocycles.